The third-order valence-electron chi connectivity index (χ3n) is 6.33. The zero-order valence-electron chi connectivity index (χ0n) is 19.3. The maximum Gasteiger partial charge on any atom is 0.123 e. The van der Waals surface area contributed by atoms with Gasteiger partial charge in [0.1, 0.15) is 11.5 Å². The zero-order chi connectivity index (χ0) is 23.8. The lowest BCUT2D eigenvalue weighted by Gasteiger charge is -2.06. The Hall–Kier alpha value is -4.29. The van der Waals surface area contributed by atoms with Gasteiger partial charge in [0.15, 0.2) is 0 Å². The lowest BCUT2D eigenvalue weighted by molar-refractivity contribution is 0.628. The van der Waals surface area contributed by atoms with Crippen molar-refractivity contribution in [3.05, 3.63) is 96.6 Å². The number of hydrogen-bond donors (Lipinski definition) is 3. The molecule has 172 valence electrons. The second-order valence-electron chi connectivity index (χ2n) is 8.65. The number of pyridine rings is 1. The number of rotatable bonds is 6. The van der Waals surface area contributed by atoms with Crippen LogP contribution in [0.5, 0.6) is 0 Å². The SMILES string of the molecule is CCNCc1cncc(-c2ccc3[nH]nc(-c4cc5c(-c6cccc(F)c6)cccc5[nH]4)c3c2)c1. The Kier molecular flexibility index (Phi) is 5.35. The third kappa shape index (κ3) is 3.98. The standard InChI is InChI=1S/C29H24FN5/c1-2-31-15-18-11-21(17-32-16-18)19-9-10-27-25(13-19)29(35-34-27)28-14-24-23(7-4-8-26(24)33-28)20-5-3-6-22(30)12-20/h3-14,16-17,31,33H,2,15H2,1H3,(H,34,35). The van der Waals surface area contributed by atoms with E-state index in [1.165, 1.54) is 6.07 Å². The Labute approximate surface area is 202 Å². The zero-order valence-corrected chi connectivity index (χ0v) is 19.3. The molecule has 6 aromatic rings. The Bertz CT molecular complexity index is 1660. The number of hydrogen-bond acceptors (Lipinski definition) is 3. The van der Waals surface area contributed by atoms with E-state index in [4.69, 9.17) is 0 Å². The van der Waals surface area contributed by atoms with Gasteiger partial charge in [-0.1, -0.05) is 37.3 Å². The van der Waals surface area contributed by atoms with Gasteiger partial charge in [0.25, 0.3) is 0 Å². The summed E-state index contributed by atoms with van der Waals surface area (Å²) in [5.41, 5.74) is 8.83. The topological polar surface area (TPSA) is 69.4 Å². The molecule has 0 radical (unpaired) electrons. The van der Waals surface area contributed by atoms with Crippen LogP contribution in [0.2, 0.25) is 0 Å². The normalized spacial score (nSPS) is 11.5. The second-order valence-corrected chi connectivity index (χ2v) is 8.65. The lowest BCUT2D eigenvalue weighted by atomic mass is 10.0. The van der Waals surface area contributed by atoms with Crippen LogP contribution < -0.4 is 5.32 Å². The molecule has 0 amide bonds. The van der Waals surface area contributed by atoms with Crippen molar-refractivity contribution in [2.24, 2.45) is 0 Å². The molecule has 3 N–H and O–H groups in total. The Morgan fingerprint density at radius 1 is 0.829 bits per heavy atom. The fourth-order valence-corrected chi connectivity index (χ4v) is 4.60. The van der Waals surface area contributed by atoms with Gasteiger partial charge in [-0.2, -0.15) is 5.10 Å². The van der Waals surface area contributed by atoms with Crippen molar-refractivity contribution in [2.75, 3.05) is 6.54 Å². The minimum atomic E-state index is -0.245. The van der Waals surface area contributed by atoms with E-state index in [0.29, 0.717) is 0 Å². The van der Waals surface area contributed by atoms with Gasteiger partial charge in [-0.25, -0.2) is 4.39 Å². The van der Waals surface area contributed by atoms with E-state index >= 15 is 0 Å². The number of H-pyrrole nitrogens is 2. The molecule has 0 saturated carbocycles. The predicted molar refractivity (Wildman–Crippen MR) is 139 cm³/mol. The molecule has 3 heterocycles. The van der Waals surface area contributed by atoms with E-state index in [1.54, 1.807) is 12.1 Å². The highest BCUT2D eigenvalue weighted by atomic mass is 19.1. The van der Waals surface area contributed by atoms with Crippen LogP contribution in [0.15, 0.2) is 85.2 Å². The maximum absolute atomic E-state index is 13.9. The van der Waals surface area contributed by atoms with Crippen molar-refractivity contribution in [3.8, 4) is 33.6 Å². The summed E-state index contributed by atoms with van der Waals surface area (Å²) in [7, 11) is 0. The van der Waals surface area contributed by atoms with Gasteiger partial charge in [0.2, 0.25) is 0 Å². The Morgan fingerprint density at radius 2 is 1.74 bits per heavy atom. The molecule has 5 nitrogen and oxygen atoms in total. The van der Waals surface area contributed by atoms with Crippen molar-refractivity contribution < 1.29 is 4.39 Å². The van der Waals surface area contributed by atoms with Crippen molar-refractivity contribution >= 4 is 21.8 Å². The van der Waals surface area contributed by atoms with Crippen LogP contribution >= 0.6 is 0 Å². The second kappa shape index (κ2) is 8.81. The Balaban J connectivity index is 1.44. The Morgan fingerprint density at radius 3 is 2.63 bits per heavy atom. The van der Waals surface area contributed by atoms with Gasteiger partial charge < -0.3 is 10.3 Å². The van der Waals surface area contributed by atoms with Gasteiger partial charge in [-0.15, -0.1) is 0 Å². The van der Waals surface area contributed by atoms with Crippen LogP contribution in [-0.2, 0) is 6.54 Å². The average Bonchev–Trinajstić information content (AvgIpc) is 3.51. The molecule has 0 spiro atoms. The van der Waals surface area contributed by atoms with Crippen molar-refractivity contribution in [1.82, 2.24) is 25.5 Å². The largest absolute Gasteiger partial charge is 0.353 e. The molecule has 0 bridgehead atoms. The molecule has 6 rings (SSSR count). The molecule has 3 aromatic carbocycles. The number of benzene rings is 3. The van der Waals surface area contributed by atoms with Crippen LogP contribution in [0.3, 0.4) is 0 Å². The summed E-state index contributed by atoms with van der Waals surface area (Å²) in [5.74, 6) is -0.245. The minimum Gasteiger partial charge on any atom is -0.353 e. The molecule has 0 unspecified atom stereocenters. The molecule has 0 aliphatic carbocycles. The van der Waals surface area contributed by atoms with E-state index in [1.807, 2.05) is 36.7 Å². The molecule has 0 aliphatic rings. The summed E-state index contributed by atoms with van der Waals surface area (Å²) in [5, 5.41) is 13.2. The molecule has 0 saturated heterocycles. The quantitative estimate of drug-likeness (QED) is 0.259. The van der Waals surface area contributed by atoms with Crippen LogP contribution in [0, 0.1) is 5.82 Å². The smallest absolute Gasteiger partial charge is 0.123 e. The lowest BCUT2D eigenvalue weighted by Crippen LogP contribution is -2.11. The minimum absolute atomic E-state index is 0.245. The van der Waals surface area contributed by atoms with Gasteiger partial charge in [-0.05, 0) is 71.3 Å². The summed E-state index contributed by atoms with van der Waals surface area (Å²) in [6.45, 7) is 3.80. The van der Waals surface area contributed by atoms with Crippen molar-refractivity contribution in [3.63, 3.8) is 0 Å². The average molecular weight is 462 g/mol. The molecule has 3 aromatic heterocycles. The van der Waals surface area contributed by atoms with Crippen LogP contribution in [0.25, 0.3) is 55.4 Å². The first-order chi connectivity index (χ1) is 17.2. The summed E-state index contributed by atoms with van der Waals surface area (Å²) >= 11 is 0. The van der Waals surface area contributed by atoms with Crippen molar-refractivity contribution in [2.45, 2.75) is 13.5 Å². The van der Waals surface area contributed by atoms with Gasteiger partial charge in [0.05, 0.1) is 11.2 Å². The van der Waals surface area contributed by atoms with E-state index < -0.39 is 0 Å². The molecule has 6 heteroatoms. The number of nitrogens with one attached hydrogen (secondary N) is 3. The van der Waals surface area contributed by atoms with E-state index in [9.17, 15) is 4.39 Å². The van der Waals surface area contributed by atoms with E-state index in [0.717, 1.165) is 74.1 Å². The van der Waals surface area contributed by atoms with Crippen LogP contribution in [0.1, 0.15) is 12.5 Å². The fourth-order valence-electron chi connectivity index (χ4n) is 4.60. The molecule has 0 aliphatic heterocycles. The summed E-state index contributed by atoms with van der Waals surface area (Å²) in [6.07, 6.45) is 3.79. The number of aromatic nitrogens is 4. The van der Waals surface area contributed by atoms with E-state index in [-0.39, 0.29) is 5.82 Å². The highest BCUT2D eigenvalue weighted by Crippen LogP contribution is 2.35. The molecule has 35 heavy (non-hydrogen) atoms. The molecular formula is C29H24FN5. The van der Waals surface area contributed by atoms with Gasteiger partial charge in [-0.3, -0.25) is 10.1 Å². The monoisotopic (exact) mass is 461 g/mol. The van der Waals surface area contributed by atoms with Crippen molar-refractivity contribution in [1.29, 1.82) is 0 Å². The number of nitrogens with zero attached hydrogens (tertiary/aromatic N) is 2. The summed E-state index contributed by atoms with van der Waals surface area (Å²) in [6, 6.07) is 23.3. The van der Waals surface area contributed by atoms with Gasteiger partial charge in [0, 0.05) is 40.8 Å². The first-order valence-corrected chi connectivity index (χ1v) is 11.7. The predicted octanol–water partition coefficient (Wildman–Crippen LogP) is 6.69. The first-order valence-electron chi connectivity index (χ1n) is 11.7. The summed E-state index contributed by atoms with van der Waals surface area (Å²) < 4.78 is 13.9. The van der Waals surface area contributed by atoms with Crippen LogP contribution in [-0.4, -0.2) is 26.7 Å². The summed E-state index contributed by atoms with van der Waals surface area (Å²) in [4.78, 5) is 7.95. The molecule has 0 atom stereocenters. The number of fused-ring (bicyclic) bond motifs is 2. The molecule has 0 fully saturated rings. The number of aromatic amines is 2. The fraction of sp³-hybridized carbons (Fsp3) is 0.103. The van der Waals surface area contributed by atoms with Gasteiger partial charge >= 0.3 is 0 Å². The van der Waals surface area contributed by atoms with Crippen LogP contribution in [0.4, 0.5) is 4.39 Å². The highest BCUT2D eigenvalue weighted by Gasteiger charge is 2.14. The first kappa shape index (κ1) is 21.3. The highest BCUT2D eigenvalue weighted by molar-refractivity contribution is 6.01. The number of halogens is 1. The maximum atomic E-state index is 13.9. The van der Waals surface area contributed by atoms with E-state index in [2.05, 4.69) is 62.7 Å². The third-order valence-corrected chi connectivity index (χ3v) is 6.33. The molecular weight excluding hydrogens is 437 g/mol.